The van der Waals surface area contributed by atoms with Gasteiger partial charge in [0.25, 0.3) is 5.91 Å². The van der Waals surface area contributed by atoms with Gasteiger partial charge in [-0.05, 0) is 35.7 Å². The highest BCUT2D eigenvalue weighted by molar-refractivity contribution is 7.08. The Hall–Kier alpha value is -3.39. The van der Waals surface area contributed by atoms with Gasteiger partial charge in [0.05, 0.1) is 30.7 Å². The van der Waals surface area contributed by atoms with Gasteiger partial charge in [0.15, 0.2) is 5.78 Å². The normalized spacial score (nSPS) is 18.8. The maximum Gasteiger partial charge on any atom is 0.295 e. The smallest absolute Gasteiger partial charge is 0.295 e. The summed E-state index contributed by atoms with van der Waals surface area (Å²) in [5.41, 5.74) is 1.84. The van der Waals surface area contributed by atoms with Gasteiger partial charge in [-0.1, -0.05) is 20.8 Å². The minimum absolute atomic E-state index is 0.263. The summed E-state index contributed by atoms with van der Waals surface area (Å²) < 4.78 is 5.41. The van der Waals surface area contributed by atoms with Crippen LogP contribution in [-0.2, 0) is 14.4 Å². The molecule has 4 heterocycles. The Kier molecular flexibility index (Phi) is 5.64. The molecule has 2 unspecified atom stereocenters. The van der Waals surface area contributed by atoms with E-state index in [0.717, 1.165) is 11.3 Å². The van der Waals surface area contributed by atoms with Crippen molar-refractivity contribution >= 4 is 34.5 Å². The fourth-order valence-corrected chi connectivity index (χ4v) is 4.55. The van der Waals surface area contributed by atoms with Crippen molar-refractivity contribution in [1.29, 1.82) is 0 Å². The molecule has 8 heteroatoms. The highest BCUT2D eigenvalue weighted by Gasteiger charge is 2.55. The van der Waals surface area contributed by atoms with E-state index in [1.54, 1.807) is 68.8 Å². The minimum Gasteiger partial charge on any atom is -0.481 e. The highest BCUT2D eigenvalue weighted by Crippen LogP contribution is 2.44. The molecule has 7 nitrogen and oxygen atoms in total. The molecule has 2 atom stereocenters. The number of methoxy groups -OCH3 is 1. The van der Waals surface area contributed by atoms with Crippen molar-refractivity contribution in [3.8, 4) is 17.1 Å². The van der Waals surface area contributed by atoms with Crippen LogP contribution in [-0.4, -0.2) is 34.6 Å². The quantitative estimate of drug-likeness (QED) is 0.430. The predicted octanol–water partition coefficient (Wildman–Crippen LogP) is 4.10. The van der Waals surface area contributed by atoms with Gasteiger partial charge >= 0.3 is 0 Å². The first-order valence-electron chi connectivity index (χ1n) is 10.1. The van der Waals surface area contributed by atoms with Crippen molar-refractivity contribution in [3.63, 3.8) is 0 Å². The van der Waals surface area contributed by atoms with Crippen molar-refractivity contribution in [2.45, 2.75) is 26.8 Å². The van der Waals surface area contributed by atoms with Gasteiger partial charge in [-0.25, -0.2) is 4.98 Å². The standard InChI is InChI=1S/C24H23N3O4S/c1-24(2,3)21(29)18-19(16-6-5-10-25-22(16)31-4)27(23(30)20(18)28)15-7-8-17(26-12-15)14-9-11-32-13-14/h5-13,18-19H,1-4H3. The third-order valence-electron chi connectivity index (χ3n) is 5.48. The Balaban J connectivity index is 1.85. The fourth-order valence-electron chi connectivity index (χ4n) is 3.90. The van der Waals surface area contributed by atoms with Crippen LogP contribution in [0.3, 0.4) is 0 Å². The molecule has 3 aromatic heterocycles. The number of ether oxygens (including phenoxy) is 1. The molecule has 0 bridgehead atoms. The number of pyridine rings is 2. The third-order valence-corrected chi connectivity index (χ3v) is 6.17. The second kappa shape index (κ2) is 8.27. The Morgan fingerprint density at radius 2 is 1.91 bits per heavy atom. The number of carbonyl (C=O) groups excluding carboxylic acids is 3. The van der Waals surface area contributed by atoms with Gasteiger partial charge in [-0.15, -0.1) is 0 Å². The number of hydrogen-bond acceptors (Lipinski definition) is 7. The number of rotatable bonds is 5. The topological polar surface area (TPSA) is 89.5 Å². The number of carbonyl (C=O) groups is 3. The van der Waals surface area contributed by atoms with Crippen LogP contribution in [0.15, 0.2) is 53.5 Å². The molecular formula is C24H23N3O4S. The van der Waals surface area contributed by atoms with Crippen LogP contribution in [0, 0.1) is 11.3 Å². The van der Waals surface area contributed by atoms with Crippen LogP contribution in [0.5, 0.6) is 5.88 Å². The molecule has 1 amide bonds. The number of amides is 1. The first kappa shape index (κ1) is 21.8. The van der Waals surface area contributed by atoms with Gasteiger partial charge in [-0.2, -0.15) is 11.3 Å². The monoisotopic (exact) mass is 449 g/mol. The molecule has 1 aliphatic rings. The van der Waals surface area contributed by atoms with Gasteiger partial charge < -0.3 is 4.74 Å². The van der Waals surface area contributed by atoms with Crippen LogP contribution in [0.25, 0.3) is 11.3 Å². The molecule has 3 aromatic rings. The molecule has 1 aliphatic heterocycles. The molecule has 0 spiro atoms. The number of anilines is 1. The van der Waals surface area contributed by atoms with E-state index in [-0.39, 0.29) is 11.7 Å². The van der Waals surface area contributed by atoms with Crippen molar-refractivity contribution in [2.75, 3.05) is 12.0 Å². The van der Waals surface area contributed by atoms with Crippen LogP contribution < -0.4 is 9.64 Å². The Morgan fingerprint density at radius 1 is 1.12 bits per heavy atom. The summed E-state index contributed by atoms with van der Waals surface area (Å²) in [6.07, 6.45) is 3.11. The Bertz CT molecular complexity index is 1170. The molecule has 0 saturated carbocycles. The van der Waals surface area contributed by atoms with Crippen molar-refractivity contribution < 1.29 is 19.1 Å². The van der Waals surface area contributed by atoms with E-state index in [2.05, 4.69) is 9.97 Å². The Morgan fingerprint density at radius 3 is 2.50 bits per heavy atom. The van der Waals surface area contributed by atoms with Crippen molar-refractivity contribution in [3.05, 3.63) is 59.0 Å². The second-order valence-electron chi connectivity index (χ2n) is 8.59. The Labute approximate surface area is 190 Å². The van der Waals surface area contributed by atoms with E-state index in [4.69, 9.17) is 4.74 Å². The maximum atomic E-state index is 13.3. The summed E-state index contributed by atoms with van der Waals surface area (Å²) in [6.45, 7) is 5.22. The molecule has 0 N–H and O–H groups in total. The summed E-state index contributed by atoms with van der Waals surface area (Å²) >= 11 is 1.56. The maximum absolute atomic E-state index is 13.3. The minimum atomic E-state index is -1.17. The number of ketones is 2. The van der Waals surface area contributed by atoms with Gasteiger partial charge in [0, 0.05) is 28.1 Å². The average Bonchev–Trinajstić information content (AvgIpc) is 3.40. The number of thiophene rings is 1. The van der Waals surface area contributed by atoms with E-state index in [0.29, 0.717) is 11.3 Å². The number of nitrogens with zero attached hydrogens (tertiary/aromatic N) is 3. The molecule has 0 radical (unpaired) electrons. The SMILES string of the molecule is COc1ncccc1C1C(C(=O)C(C)(C)C)C(=O)C(=O)N1c1ccc(-c2ccsc2)nc1. The number of hydrogen-bond donors (Lipinski definition) is 0. The first-order valence-corrected chi connectivity index (χ1v) is 11.1. The lowest BCUT2D eigenvalue weighted by atomic mass is 9.78. The van der Waals surface area contributed by atoms with Crippen molar-refractivity contribution in [1.82, 2.24) is 9.97 Å². The number of Topliss-reactive ketones (excluding diaryl/α,β-unsaturated/α-hetero) is 2. The van der Waals surface area contributed by atoms with Crippen LogP contribution in [0.4, 0.5) is 5.69 Å². The molecular weight excluding hydrogens is 426 g/mol. The van der Waals surface area contributed by atoms with Gasteiger partial charge in [-0.3, -0.25) is 24.3 Å². The zero-order valence-electron chi connectivity index (χ0n) is 18.2. The zero-order valence-corrected chi connectivity index (χ0v) is 19.1. The predicted molar refractivity (Wildman–Crippen MR) is 122 cm³/mol. The molecule has 4 rings (SSSR count). The summed E-state index contributed by atoms with van der Waals surface area (Å²) in [5.74, 6) is -2.69. The molecule has 0 aliphatic carbocycles. The first-order chi connectivity index (χ1) is 15.2. The fraction of sp³-hybridized carbons (Fsp3) is 0.292. The van der Waals surface area contributed by atoms with E-state index >= 15 is 0 Å². The summed E-state index contributed by atoms with van der Waals surface area (Å²) in [5, 5.41) is 3.94. The van der Waals surface area contributed by atoms with Crippen molar-refractivity contribution in [2.24, 2.45) is 11.3 Å². The molecule has 32 heavy (non-hydrogen) atoms. The summed E-state index contributed by atoms with van der Waals surface area (Å²) in [6, 6.07) is 8.04. The summed E-state index contributed by atoms with van der Waals surface area (Å²) in [4.78, 5) is 49.7. The van der Waals surface area contributed by atoms with Gasteiger partial charge in [0.2, 0.25) is 11.7 Å². The largest absolute Gasteiger partial charge is 0.481 e. The average molecular weight is 450 g/mol. The highest BCUT2D eigenvalue weighted by atomic mass is 32.1. The van der Waals surface area contributed by atoms with Crippen LogP contribution in [0.1, 0.15) is 32.4 Å². The lowest BCUT2D eigenvalue weighted by Crippen LogP contribution is -2.36. The third kappa shape index (κ3) is 3.71. The van der Waals surface area contributed by atoms with Crippen LogP contribution >= 0.6 is 11.3 Å². The molecule has 164 valence electrons. The molecule has 1 fully saturated rings. The van der Waals surface area contributed by atoms with E-state index in [1.165, 1.54) is 12.0 Å². The number of aromatic nitrogens is 2. The van der Waals surface area contributed by atoms with E-state index in [1.807, 2.05) is 16.8 Å². The van der Waals surface area contributed by atoms with E-state index < -0.39 is 29.1 Å². The lowest BCUT2D eigenvalue weighted by Gasteiger charge is -2.30. The molecule has 1 saturated heterocycles. The van der Waals surface area contributed by atoms with Gasteiger partial charge in [0.1, 0.15) is 5.92 Å². The summed E-state index contributed by atoms with van der Waals surface area (Å²) in [7, 11) is 1.46. The van der Waals surface area contributed by atoms with E-state index in [9.17, 15) is 14.4 Å². The second-order valence-corrected chi connectivity index (χ2v) is 9.37. The van der Waals surface area contributed by atoms with Crippen LogP contribution in [0.2, 0.25) is 0 Å². The lowest BCUT2D eigenvalue weighted by molar-refractivity contribution is -0.141. The molecule has 0 aromatic carbocycles. The zero-order chi connectivity index (χ0) is 23.0.